The molecule has 1 heterocycles. The number of ether oxygens (including phenoxy) is 1. The van der Waals surface area contributed by atoms with Gasteiger partial charge in [0.05, 0.1) is 5.56 Å². The summed E-state index contributed by atoms with van der Waals surface area (Å²) in [5.74, 6) is -1.13. The first-order valence-corrected chi connectivity index (χ1v) is 4.90. The van der Waals surface area contributed by atoms with Crippen molar-refractivity contribution in [3.8, 4) is 0 Å². The van der Waals surface area contributed by atoms with E-state index in [1.165, 1.54) is 20.0 Å². The Morgan fingerprint density at radius 2 is 2.06 bits per heavy atom. The first-order valence-electron chi connectivity index (χ1n) is 4.90. The quantitative estimate of drug-likeness (QED) is 0.617. The lowest BCUT2D eigenvalue weighted by molar-refractivity contribution is -0.144. The third kappa shape index (κ3) is 4.02. The van der Waals surface area contributed by atoms with Crippen molar-refractivity contribution in [1.29, 1.82) is 0 Å². The van der Waals surface area contributed by atoms with Gasteiger partial charge in [0, 0.05) is 13.1 Å². The van der Waals surface area contributed by atoms with E-state index < -0.39 is 18.5 Å². The first kappa shape index (κ1) is 12.8. The molecule has 6 heteroatoms. The Kier molecular flexibility index (Phi) is 4.33. The lowest BCUT2D eigenvalue weighted by atomic mass is 10.2. The number of rotatable bonds is 4. The van der Waals surface area contributed by atoms with Crippen LogP contribution in [0.15, 0.2) is 18.3 Å². The standard InChI is InChI=1S/C11H12N2O4/c1-7(14)9-4-3-5-12-11(9)13-10(16)6-17-8(2)15/h3-5H,6H2,1-2H3,(H,12,13,16). The Balaban J connectivity index is 2.71. The maximum atomic E-state index is 11.4. The Labute approximate surface area is 98.0 Å². The fourth-order valence-electron chi connectivity index (χ4n) is 1.12. The highest BCUT2D eigenvalue weighted by Crippen LogP contribution is 2.11. The van der Waals surface area contributed by atoms with E-state index in [9.17, 15) is 14.4 Å². The van der Waals surface area contributed by atoms with E-state index in [0.29, 0.717) is 5.56 Å². The monoisotopic (exact) mass is 236 g/mol. The van der Waals surface area contributed by atoms with Gasteiger partial charge in [-0.1, -0.05) is 0 Å². The number of amides is 1. The molecule has 1 rings (SSSR count). The fourth-order valence-corrected chi connectivity index (χ4v) is 1.12. The summed E-state index contributed by atoms with van der Waals surface area (Å²) in [6.45, 7) is 2.18. The minimum Gasteiger partial charge on any atom is -0.456 e. The number of nitrogens with one attached hydrogen (secondary N) is 1. The summed E-state index contributed by atoms with van der Waals surface area (Å²) in [7, 11) is 0. The molecule has 1 amide bonds. The summed E-state index contributed by atoms with van der Waals surface area (Å²) < 4.78 is 4.51. The van der Waals surface area contributed by atoms with Crippen LogP contribution in [-0.4, -0.2) is 29.3 Å². The molecular formula is C11H12N2O4. The predicted octanol–water partition coefficient (Wildman–Crippen LogP) is 0.786. The maximum Gasteiger partial charge on any atom is 0.303 e. The first-order chi connectivity index (χ1) is 8.00. The number of Topliss-reactive ketones (excluding diaryl/α,β-unsaturated/α-hetero) is 1. The van der Waals surface area contributed by atoms with Gasteiger partial charge in [0.2, 0.25) is 0 Å². The molecule has 0 spiro atoms. The van der Waals surface area contributed by atoms with Gasteiger partial charge in [-0.05, 0) is 19.1 Å². The van der Waals surface area contributed by atoms with E-state index in [0.717, 1.165) is 0 Å². The summed E-state index contributed by atoms with van der Waals surface area (Å²) in [5.41, 5.74) is 0.309. The topological polar surface area (TPSA) is 85.4 Å². The zero-order valence-electron chi connectivity index (χ0n) is 9.52. The van der Waals surface area contributed by atoms with Gasteiger partial charge in [-0.2, -0.15) is 0 Å². The Morgan fingerprint density at radius 3 is 2.65 bits per heavy atom. The van der Waals surface area contributed by atoms with E-state index in [1.807, 2.05) is 0 Å². The summed E-state index contributed by atoms with van der Waals surface area (Å²) >= 11 is 0. The largest absolute Gasteiger partial charge is 0.456 e. The summed E-state index contributed by atoms with van der Waals surface area (Å²) in [5, 5.41) is 2.40. The Morgan fingerprint density at radius 1 is 1.35 bits per heavy atom. The molecule has 1 N–H and O–H groups in total. The molecule has 0 aliphatic rings. The van der Waals surface area contributed by atoms with Gasteiger partial charge in [-0.25, -0.2) is 4.98 Å². The lowest BCUT2D eigenvalue weighted by Crippen LogP contribution is -2.21. The average molecular weight is 236 g/mol. The molecule has 0 saturated carbocycles. The van der Waals surface area contributed by atoms with Crippen molar-refractivity contribution in [2.75, 3.05) is 11.9 Å². The van der Waals surface area contributed by atoms with Crippen LogP contribution >= 0.6 is 0 Å². The number of hydrogen-bond acceptors (Lipinski definition) is 5. The molecule has 0 saturated heterocycles. The molecule has 0 unspecified atom stereocenters. The normalized spacial score (nSPS) is 9.53. The second-order valence-corrected chi connectivity index (χ2v) is 3.28. The zero-order valence-corrected chi connectivity index (χ0v) is 9.52. The number of anilines is 1. The molecule has 0 aromatic carbocycles. The van der Waals surface area contributed by atoms with Crippen LogP contribution in [0.1, 0.15) is 24.2 Å². The summed E-state index contributed by atoms with van der Waals surface area (Å²) in [6, 6.07) is 3.15. The van der Waals surface area contributed by atoms with E-state index in [1.54, 1.807) is 12.1 Å². The molecule has 1 aromatic rings. The highest BCUT2D eigenvalue weighted by molar-refractivity contribution is 6.02. The van der Waals surface area contributed by atoms with Crippen LogP contribution in [0.5, 0.6) is 0 Å². The lowest BCUT2D eigenvalue weighted by Gasteiger charge is -2.07. The smallest absolute Gasteiger partial charge is 0.303 e. The molecule has 0 aliphatic carbocycles. The number of ketones is 1. The highest BCUT2D eigenvalue weighted by atomic mass is 16.5. The number of aromatic nitrogens is 1. The minimum absolute atomic E-state index is 0.164. The van der Waals surface area contributed by atoms with Crippen molar-refractivity contribution in [2.24, 2.45) is 0 Å². The number of pyridine rings is 1. The summed E-state index contributed by atoms with van der Waals surface area (Å²) in [4.78, 5) is 37.0. The van der Waals surface area contributed by atoms with Crippen molar-refractivity contribution in [3.05, 3.63) is 23.9 Å². The molecule has 0 radical (unpaired) electrons. The average Bonchev–Trinajstić information content (AvgIpc) is 2.27. The molecular weight excluding hydrogens is 224 g/mol. The Hall–Kier alpha value is -2.24. The van der Waals surface area contributed by atoms with Crippen LogP contribution in [0.3, 0.4) is 0 Å². The molecule has 0 aliphatic heterocycles. The van der Waals surface area contributed by atoms with Crippen LogP contribution in [0, 0.1) is 0 Å². The van der Waals surface area contributed by atoms with E-state index in [-0.39, 0.29) is 11.6 Å². The van der Waals surface area contributed by atoms with Crippen LogP contribution in [-0.2, 0) is 14.3 Å². The van der Waals surface area contributed by atoms with Gasteiger partial charge < -0.3 is 10.1 Å². The van der Waals surface area contributed by atoms with Crippen LogP contribution in [0.2, 0.25) is 0 Å². The third-order valence-electron chi connectivity index (χ3n) is 1.85. The van der Waals surface area contributed by atoms with Gasteiger partial charge in [0.1, 0.15) is 5.82 Å². The fraction of sp³-hybridized carbons (Fsp3) is 0.273. The molecule has 0 atom stereocenters. The Bertz CT molecular complexity index is 457. The van der Waals surface area contributed by atoms with Crippen molar-refractivity contribution >= 4 is 23.5 Å². The van der Waals surface area contributed by atoms with Gasteiger partial charge >= 0.3 is 5.97 Å². The van der Waals surface area contributed by atoms with Crippen LogP contribution in [0.4, 0.5) is 5.82 Å². The van der Waals surface area contributed by atoms with Gasteiger partial charge in [0.15, 0.2) is 12.4 Å². The number of carbonyl (C=O) groups is 3. The molecule has 17 heavy (non-hydrogen) atoms. The van der Waals surface area contributed by atoms with Gasteiger partial charge in [-0.3, -0.25) is 14.4 Å². The van der Waals surface area contributed by atoms with Gasteiger partial charge in [-0.15, -0.1) is 0 Å². The SMILES string of the molecule is CC(=O)OCC(=O)Nc1ncccc1C(C)=O. The predicted molar refractivity (Wildman–Crippen MR) is 59.5 cm³/mol. The number of esters is 1. The number of carbonyl (C=O) groups excluding carboxylic acids is 3. The third-order valence-corrected chi connectivity index (χ3v) is 1.85. The zero-order chi connectivity index (χ0) is 12.8. The minimum atomic E-state index is -0.548. The van der Waals surface area contributed by atoms with Crippen molar-refractivity contribution in [1.82, 2.24) is 4.98 Å². The number of hydrogen-bond donors (Lipinski definition) is 1. The molecule has 0 fully saturated rings. The van der Waals surface area contributed by atoms with Crippen LogP contribution < -0.4 is 5.32 Å². The number of nitrogens with zero attached hydrogens (tertiary/aromatic N) is 1. The van der Waals surface area contributed by atoms with E-state index in [4.69, 9.17) is 0 Å². The second kappa shape index (κ2) is 5.74. The van der Waals surface area contributed by atoms with Crippen molar-refractivity contribution < 1.29 is 19.1 Å². The summed E-state index contributed by atoms with van der Waals surface area (Å²) in [6.07, 6.45) is 1.45. The van der Waals surface area contributed by atoms with Gasteiger partial charge in [0.25, 0.3) is 5.91 Å². The molecule has 0 bridgehead atoms. The molecule has 90 valence electrons. The maximum absolute atomic E-state index is 11.4. The highest BCUT2D eigenvalue weighted by Gasteiger charge is 2.11. The van der Waals surface area contributed by atoms with Crippen molar-refractivity contribution in [2.45, 2.75) is 13.8 Å². The molecule has 6 nitrogen and oxygen atoms in total. The van der Waals surface area contributed by atoms with Crippen molar-refractivity contribution in [3.63, 3.8) is 0 Å². The van der Waals surface area contributed by atoms with E-state index in [2.05, 4.69) is 15.0 Å². The second-order valence-electron chi connectivity index (χ2n) is 3.28. The molecule has 1 aromatic heterocycles. The van der Waals surface area contributed by atoms with E-state index >= 15 is 0 Å². The van der Waals surface area contributed by atoms with Crippen LogP contribution in [0.25, 0.3) is 0 Å².